The van der Waals surface area contributed by atoms with E-state index in [0.29, 0.717) is 11.3 Å². The molecule has 0 saturated carbocycles. The Kier molecular flexibility index (Phi) is 7.40. The first-order valence-electron chi connectivity index (χ1n) is 13.5. The Labute approximate surface area is 224 Å². The van der Waals surface area contributed by atoms with Gasteiger partial charge in [0.1, 0.15) is 23.4 Å². The summed E-state index contributed by atoms with van der Waals surface area (Å²) in [6.45, 7) is 9.28. The minimum absolute atomic E-state index is 0.185. The van der Waals surface area contributed by atoms with Gasteiger partial charge < -0.3 is 14.8 Å². The van der Waals surface area contributed by atoms with Crippen LogP contribution < -0.4 is 14.8 Å². The Morgan fingerprint density at radius 2 is 1.68 bits per heavy atom. The number of esters is 1. The van der Waals surface area contributed by atoms with Gasteiger partial charge in [0.2, 0.25) is 0 Å². The fraction of sp³-hybridized carbons (Fsp3) is 0.364. The van der Waals surface area contributed by atoms with Gasteiger partial charge in [-0.15, -0.1) is 0 Å². The van der Waals surface area contributed by atoms with E-state index in [9.17, 15) is 4.79 Å². The zero-order valence-corrected chi connectivity index (χ0v) is 22.7. The van der Waals surface area contributed by atoms with Gasteiger partial charge in [-0.05, 0) is 124 Å². The first kappa shape index (κ1) is 26.2. The van der Waals surface area contributed by atoms with Crippen molar-refractivity contribution in [2.24, 2.45) is 5.41 Å². The molecule has 5 heteroatoms. The number of aryl methyl sites for hydroxylation is 2. The van der Waals surface area contributed by atoms with Crippen LogP contribution in [-0.2, 0) is 11.2 Å². The number of ether oxygens (including phenoxy) is 2. The molecule has 2 aliphatic rings. The summed E-state index contributed by atoms with van der Waals surface area (Å²) in [4.78, 5) is 12.5. The number of benzene rings is 3. The van der Waals surface area contributed by atoms with Gasteiger partial charge >= 0.3 is 5.97 Å². The Morgan fingerprint density at radius 3 is 2.37 bits per heavy atom. The number of hydrogen-bond donors (Lipinski definition) is 1. The Hall–Kier alpha value is -3.44. The molecule has 1 aliphatic heterocycles. The van der Waals surface area contributed by atoms with Gasteiger partial charge in [0, 0.05) is 12.1 Å². The van der Waals surface area contributed by atoms with E-state index in [4.69, 9.17) is 9.47 Å². The fourth-order valence-electron chi connectivity index (χ4n) is 5.17. The van der Waals surface area contributed by atoms with E-state index in [0.717, 1.165) is 77.9 Å². The molecule has 3 aromatic carbocycles. The van der Waals surface area contributed by atoms with Gasteiger partial charge in [0.15, 0.2) is 0 Å². The molecule has 0 unspecified atom stereocenters. The number of allylic oxidation sites excluding steroid dienone is 1. The monoisotopic (exact) mass is 513 g/mol. The van der Waals surface area contributed by atoms with E-state index in [2.05, 4.69) is 17.4 Å². The summed E-state index contributed by atoms with van der Waals surface area (Å²) in [6, 6.07) is 19.5. The molecule has 5 rings (SSSR count). The number of carbonyl (C=O) groups excluding carboxylic acids is 1. The summed E-state index contributed by atoms with van der Waals surface area (Å²) >= 11 is 0. The zero-order valence-electron chi connectivity index (χ0n) is 22.7. The molecule has 1 aliphatic carbocycles. The molecule has 1 saturated heterocycles. The molecule has 1 atom stereocenters. The lowest BCUT2D eigenvalue weighted by atomic mass is 9.87. The normalized spacial score (nSPS) is 17.7. The van der Waals surface area contributed by atoms with E-state index in [-0.39, 0.29) is 17.9 Å². The third-order valence-electron chi connectivity index (χ3n) is 7.25. The summed E-state index contributed by atoms with van der Waals surface area (Å²) < 4.78 is 27.2. The summed E-state index contributed by atoms with van der Waals surface area (Å²) in [7, 11) is 0. The number of halogens is 1. The third-order valence-corrected chi connectivity index (χ3v) is 7.25. The van der Waals surface area contributed by atoms with Crippen LogP contribution in [0.3, 0.4) is 0 Å². The largest absolute Gasteiger partial charge is 0.489 e. The van der Waals surface area contributed by atoms with Gasteiger partial charge in [-0.1, -0.05) is 30.3 Å². The molecule has 1 N–H and O–H groups in total. The van der Waals surface area contributed by atoms with Crippen LogP contribution in [0.15, 0.2) is 60.7 Å². The molecule has 0 amide bonds. The summed E-state index contributed by atoms with van der Waals surface area (Å²) in [5.41, 5.74) is 6.11. The van der Waals surface area contributed by atoms with Crippen molar-refractivity contribution in [2.75, 3.05) is 13.1 Å². The van der Waals surface area contributed by atoms with E-state index >= 15 is 4.39 Å². The SMILES string of the molecule is Cc1ccc(C2=C(c3ccc(O[C@H]4CCNC4)cc3)c3ccc(OC(=O)C(C)(C)C)cc3CCC2)c(F)c1. The molecule has 0 aromatic heterocycles. The topological polar surface area (TPSA) is 47.6 Å². The average molecular weight is 514 g/mol. The summed E-state index contributed by atoms with van der Waals surface area (Å²) in [5, 5.41) is 3.33. The first-order chi connectivity index (χ1) is 18.2. The lowest BCUT2D eigenvalue weighted by Gasteiger charge is -2.20. The van der Waals surface area contributed by atoms with Crippen LogP contribution in [0, 0.1) is 18.2 Å². The lowest BCUT2D eigenvalue weighted by Crippen LogP contribution is -2.25. The summed E-state index contributed by atoms with van der Waals surface area (Å²) in [5.74, 6) is 0.911. The number of nitrogens with one attached hydrogen (secondary N) is 1. The predicted molar refractivity (Wildman–Crippen MR) is 150 cm³/mol. The molecule has 1 fully saturated rings. The van der Waals surface area contributed by atoms with Crippen LogP contribution in [0.2, 0.25) is 0 Å². The van der Waals surface area contributed by atoms with Gasteiger partial charge in [-0.25, -0.2) is 4.39 Å². The molecule has 198 valence electrons. The minimum atomic E-state index is -0.591. The third kappa shape index (κ3) is 5.68. The fourth-order valence-corrected chi connectivity index (χ4v) is 5.17. The van der Waals surface area contributed by atoms with Crippen molar-refractivity contribution < 1.29 is 18.7 Å². The molecular weight excluding hydrogens is 477 g/mol. The second-order valence-corrected chi connectivity index (χ2v) is 11.4. The average Bonchev–Trinajstić information content (AvgIpc) is 3.31. The summed E-state index contributed by atoms with van der Waals surface area (Å²) in [6.07, 6.45) is 3.61. The highest BCUT2D eigenvalue weighted by atomic mass is 19.1. The molecule has 38 heavy (non-hydrogen) atoms. The van der Waals surface area contributed by atoms with Crippen molar-refractivity contribution in [1.82, 2.24) is 5.32 Å². The molecular formula is C33H36FNO3. The van der Waals surface area contributed by atoms with Crippen molar-refractivity contribution in [3.05, 3.63) is 94.3 Å². The van der Waals surface area contributed by atoms with Crippen LogP contribution in [0.4, 0.5) is 4.39 Å². The molecule has 0 radical (unpaired) electrons. The van der Waals surface area contributed by atoms with E-state index in [1.165, 1.54) is 0 Å². The molecule has 3 aromatic rings. The van der Waals surface area contributed by atoms with Gasteiger partial charge in [-0.3, -0.25) is 4.79 Å². The lowest BCUT2D eigenvalue weighted by molar-refractivity contribution is -0.143. The van der Waals surface area contributed by atoms with Crippen molar-refractivity contribution in [2.45, 2.75) is 59.5 Å². The van der Waals surface area contributed by atoms with Crippen LogP contribution in [-0.4, -0.2) is 25.2 Å². The van der Waals surface area contributed by atoms with Crippen LogP contribution >= 0.6 is 0 Å². The van der Waals surface area contributed by atoms with Crippen molar-refractivity contribution in [3.8, 4) is 11.5 Å². The van der Waals surface area contributed by atoms with Crippen LogP contribution in [0.25, 0.3) is 11.1 Å². The van der Waals surface area contributed by atoms with E-state index in [1.807, 2.05) is 70.2 Å². The van der Waals surface area contributed by atoms with Gasteiger partial charge in [-0.2, -0.15) is 0 Å². The second kappa shape index (κ2) is 10.7. The van der Waals surface area contributed by atoms with Gasteiger partial charge in [0.25, 0.3) is 0 Å². The molecule has 1 heterocycles. The molecule has 0 spiro atoms. The van der Waals surface area contributed by atoms with Crippen molar-refractivity contribution >= 4 is 17.1 Å². The van der Waals surface area contributed by atoms with Crippen LogP contribution in [0.1, 0.15) is 67.9 Å². The Morgan fingerprint density at radius 1 is 0.947 bits per heavy atom. The maximum atomic E-state index is 15.3. The first-order valence-corrected chi connectivity index (χ1v) is 13.5. The maximum absolute atomic E-state index is 15.3. The standard InChI is InChI=1S/C33H36FNO3/c1-21-8-14-28(30(34)18-21)29-7-5-6-23-19-25(38-32(36)33(2,3)4)13-15-27(23)31(29)22-9-11-24(12-10-22)37-26-16-17-35-20-26/h8-15,18-19,26,35H,5-7,16-17,20H2,1-4H3/t26-/m0/s1. The van der Waals surface area contributed by atoms with Crippen molar-refractivity contribution in [3.63, 3.8) is 0 Å². The number of hydrogen-bond acceptors (Lipinski definition) is 4. The quantitative estimate of drug-likeness (QED) is 0.291. The highest BCUT2D eigenvalue weighted by molar-refractivity contribution is 6.00. The zero-order chi connectivity index (χ0) is 26.9. The maximum Gasteiger partial charge on any atom is 0.316 e. The number of fused-ring (bicyclic) bond motifs is 1. The van der Waals surface area contributed by atoms with E-state index in [1.54, 1.807) is 6.07 Å². The number of rotatable bonds is 5. The van der Waals surface area contributed by atoms with Crippen LogP contribution in [0.5, 0.6) is 11.5 Å². The smallest absolute Gasteiger partial charge is 0.316 e. The van der Waals surface area contributed by atoms with E-state index < -0.39 is 5.41 Å². The predicted octanol–water partition coefficient (Wildman–Crippen LogP) is 7.12. The minimum Gasteiger partial charge on any atom is -0.489 e. The number of carbonyl (C=O) groups is 1. The second-order valence-electron chi connectivity index (χ2n) is 11.4. The molecule has 4 nitrogen and oxygen atoms in total. The van der Waals surface area contributed by atoms with Crippen molar-refractivity contribution in [1.29, 1.82) is 0 Å². The Balaban J connectivity index is 1.59. The highest BCUT2D eigenvalue weighted by Crippen LogP contribution is 2.42. The highest BCUT2D eigenvalue weighted by Gasteiger charge is 2.26. The molecule has 0 bridgehead atoms. The Bertz CT molecular complexity index is 1360. The van der Waals surface area contributed by atoms with Gasteiger partial charge in [0.05, 0.1) is 5.41 Å².